The van der Waals surface area contributed by atoms with Crippen LogP contribution in [0.5, 0.6) is 0 Å². The highest BCUT2D eigenvalue weighted by Crippen LogP contribution is 2.33. The normalized spacial score (nSPS) is 17.9. The van der Waals surface area contributed by atoms with E-state index in [1.165, 1.54) is 0 Å². The topological polar surface area (TPSA) is 110 Å². The van der Waals surface area contributed by atoms with Gasteiger partial charge in [-0.25, -0.2) is 12.6 Å². The third kappa shape index (κ3) is 4.35. The molecular weight excluding hydrogens is 411 g/mol. The SMILES string of the molecule is O=S(=O)(N=S(=O)(NS(=O)(=O)C(F)(F)F)C(F)(F)F)C(F)(F)F. The van der Waals surface area contributed by atoms with E-state index < -0.39 is 50.6 Å². The molecule has 0 aliphatic heterocycles. The molecule has 1 N–H and O–H groups in total. The summed E-state index contributed by atoms with van der Waals surface area (Å²) in [6.07, 6.45) is 0. The van der Waals surface area contributed by atoms with E-state index in [0.29, 0.717) is 0 Å². The van der Waals surface area contributed by atoms with Crippen molar-refractivity contribution in [2.45, 2.75) is 16.5 Å². The van der Waals surface area contributed by atoms with Crippen LogP contribution in [0.2, 0.25) is 0 Å². The summed E-state index contributed by atoms with van der Waals surface area (Å²) in [5.74, 6) is 0. The Balaban J connectivity index is 6.51. The Morgan fingerprint density at radius 3 is 1.23 bits per heavy atom. The molecule has 0 bridgehead atoms. The Hall–Kier alpha value is -0.820. The lowest BCUT2D eigenvalue weighted by Gasteiger charge is -2.16. The molecule has 0 aromatic carbocycles. The minimum absolute atomic E-state index is 0.718. The lowest BCUT2D eigenvalue weighted by Crippen LogP contribution is -2.46. The standard InChI is InChI=1S/C3HF9N2O5S3/c4-1(5,6)20(15,13-21(16,17)2(7,8)9)14-22(18,19)3(10,11)12/h(H,13,14,15). The summed E-state index contributed by atoms with van der Waals surface area (Å²) in [6.45, 7) is 0. The molecule has 0 rings (SSSR count). The Morgan fingerprint density at radius 1 is 0.636 bits per heavy atom. The summed E-state index contributed by atoms with van der Waals surface area (Å²) >= 11 is 0. The quantitative estimate of drug-likeness (QED) is 0.700. The molecule has 0 spiro atoms. The molecular formula is C3HF9N2O5S3. The minimum Gasteiger partial charge on any atom is -0.222 e. The van der Waals surface area contributed by atoms with E-state index in [-0.39, 0.29) is 0 Å². The van der Waals surface area contributed by atoms with Crippen LogP contribution in [-0.2, 0) is 30.0 Å². The molecule has 0 aromatic heterocycles. The summed E-state index contributed by atoms with van der Waals surface area (Å²) in [5, 5.41) is 0. The van der Waals surface area contributed by atoms with Crippen molar-refractivity contribution in [3.63, 3.8) is 0 Å². The molecule has 0 fully saturated rings. The Bertz CT molecular complexity index is 746. The third-order valence-electron chi connectivity index (χ3n) is 1.34. The van der Waals surface area contributed by atoms with Gasteiger partial charge in [-0.3, -0.25) is 0 Å². The van der Waals surface area contributed by atoms with Gasteiger partial charge >= 0.3 is 36.6 Å². The minimum atomic E-state index is -7.23. The van der Waals surface area contributed by atoms with Crippen LogP contribution in [0.25, 0.3) is 0 Å². The molecule has 0 aliphatic rings. The molecule has 0 aliphatic carbocycles. The maximum Gasteiger partial charge on any atom is 0.519 e. The van der Waals surface area contributed by atoms with E-state index in [2.05, 4.69) is 0 Å². The average Bonchev–Trinajstić information content (AvgIpc) is 2.08. The van der Waals surface area contributed by atoms with Gasteiger partial charge in [0, 0.05) is 0 Å². The maximum atomic E-state index is 12.2. The van der Waals surface area contributed by atoms with E-state index in [0.717, 1.165) is 3.77 Å². The van der Waals surface area contributed by atoms with E-state index in [1.54, 1.807) is 0 Å². The molecule has 0 amide bonds. The van der Waals surface area contributed by atoms with Gasteiger partial charge in [0.25, 0.3) is 0 Å². The van der Waals surface area contributed by atoms with E-state index in [4.69, 9.17) is 0 Å². The summed E-state index contributed by atoms with van der Waals surface area (Å²) in [4.78, 5) is 0. The molecule has 134 valence electrons. The first-order chi connectivity index (χ1) is 9.16. The number of nitrogens with one attached hydrogen (secondary N) is 1. The van der Waals surface area contributed by atoms with Crippen LogP contribution in [0.15, 0.2) is 3.77 Å². The van der Waals surface area contributed by atoms with Crippen molar-refractivity contribution in [2.24, 2.45) is 3.77 Å². The van der Waals surface area contributed by atoms with Crippen molar-refractivity contribution in [3.8, 4) is 0 Å². The number of alkyl halides is 9. The fraction of sp³-hybridized carbons (Fsp3) is 1.00. The Labute approximate surface area is 115 Å². The first-order valence-electron chi connectivity index (χ1n) is 3.92. The van der Waals surface area contributed by atoms with Gasteiger partial charge in [0.15, 0.2) is 0 Å². The summed E-state index contributed by atoms with van der Waals surface area (Å²) in [6, 6.07) is 0. The van der Waals surface area contributed by atoms with Gasteiger partial charge in [-0.2, -0.15) is 47.9 Å². The van der Waals surface area contributed by atoms with Crippen LogP contribution < -0.4 is 4.13 Å². The highest BCUT2D eigenvalue weighted by atomic mass is 32.3. The van der Waals surface area contributed by atoms with Gasteiger partial charge < -0.3 is 0 Å². The molecule has 19 heteroatoms. The van der Waals surface area contributed by atoms with Crippen LogP contribution in [-0.4, -0.2) is 37.6 Å². The van der Waals surface area contributed by atoms with Crippen molar-refractivity contribution in [2.75, 3.05) is 0 Å². The van der Waals surface area contributed by atoms with Gasteiger partial charge in [0.05, 0.1) is 0 Å². The second kappa shape index (κ2) is 5.37. The second-order valence-corrected chi connectivity index (χ2v) is 8.66. The zero-order valence-electron chi connectivity index (χ0n) is 9.11. The van der Waals surface area contributed by atoms with Gasteiger partial charge in [-0.1, -0.05) is 3.77 Å². The zero-order valence-corrected chi connectivity index (χ0v) is 11.6. The molecule has 1 unspecified atom stereocenters. The Kier molecular flexibility index (Phi) is 5.17. The van der Waals surface area contributed by atoms with E-state index in [1.807, 2.05) is 0 Å². The number of nitrogens with zero attached hydrogens (tertiary/aromatic N) is 1. The molecule has 7 nitrogen and oxygen atoms in total. The fourth-order valence-corrected chi connectivity index (χ4v) is 4.60. The summed E-state index contributed by atoms with van der Waals surface area (Å²) in [7, 11) is -21.6. The maximum absolute atomic E-state index is 12.2. The monoisotopic (exact) mass is 412 g/mol. The third-order valence-corrected chi connectivity index (χ3v) is 6.56. The van der Waals surface area contributed by atoms with Crippen LogP contribution in [0, 0.1) is 0 Å². The van der Waals surface area contributed by atoms with Gasteiger partial charge in [-0.15, -0.1) is 4.13 Å². The number of halogens is 9. The van der Waals surface area contributed by atoms with Crippen molar-refractivity contribution in [3.05, 3.63) is 0 Å². The summed E-state index contributed by atoms with van der Waals surface area (Å²) in [5.41, 5.74) is -19.8. The number of rotatable bonds is 3. The first-order valence-corrected chi connectivity index (χ1v) is 8.36. The smallest absolute Gasteiger partial charge is 0.222 e. The molecule has 0 aromatic rings. The lowest BCUT2D eigenvalue weighted by atomic mass is 11.6. The lowest BCUT2D eigenvalue weighted by molar-refractivity contribution is -0.0461. The van der Waals surface area contributed by atoms with Gasteiger partial charge in [0.2, 0.25) is 9.92 Å². The highest BCUT2D eigenvalue weighted by Gasteiger charge is 2.57. The van der Waals surface area contributed by atoms with Crippen LogP contribution in [0.1, 0.15) is 0 Å². The number of hydrogen-bond acceptors (Lipinski definition) is 5. The van der Waals surface area contributed by atoms with Crippen molar-refractivity contribution in [1.82, 2.24) is 4.13 Å². The molecule has 22 heavy (non-hydrogen) atoms. The number of hydrogen-bond donors (Lipinski definition) is 1. The van der Waals surface area contributed by atoms with Crippen molar-refractivity contribution >= 4 is 30.0 Å². The van der Waals surface area contributed by atoms with Crippen LogP contribution in [0.3, 0.4) is 0 Å². The van der Waals surface area contributed by atoms with Crippen LogP contribution in [0.4, 0.5) is 39.5 Å². The van der Waals surface area contributed by atoms with E-state index in [9.17, 15) is 60.6 Å². The largest absolute Gasteiger partial charge is 0.519 e. The first kappa shape index (κ1) is 21.2. The van der Waals surface area contributed by atoms with Crippen molar-refractivity contribution in [1.29, 1.82) is 0 Å². The fourth-order valence-electron chi connectivity index (χ4n) is 0.481. The second-order valence-electron chi connectivity index (χ2n) is 3.00. The van der Waals surface area contributed by atoms with Crippen molar-refractivity contribution < 1.29 is 60.6 Å². The Morgan fingerprint density at radius 2 is 1.00 bits per heavy atom. The molecule has 0 saturated carbocycles. The predicted molar refractivity (Wildman–Crippen MR) is 49.7 cm³/mol. The molecule has 0 radical (unpaired) electrons. The molecule has 0 saturated heterocycles. The number of sulfonamides is 2. The molecule has 1 atom stereocenters. The zero-order chi connectivity index (χ0) is 18.4. The van der Waals surface area contributed by atoms with Gasteiger partial charge in [0.1, 0.15) is 0 Å². The molecule has 0 heterocycles. The van der Waals surface area contributed by atoms with Gasteiger partial charge in [-0.05, 0) is 0 Å². The highest BCUT2D eigenvalue weighted by molar-refractivity contribution is 8.10. The summed E-state index contributed by atoms with van der Waals surface area (Å²) < 4.78 is 160. The van der Waals surface area contributed by atoms with E-state index >= 15 is 0 Å². The predicted octanol–water partition coefficient (Wildman–Crippen LogP) is 1.18. The average molecular weight is 412 g/mol. The van der Waals surface area contributed by atoms with Crippen LogP contribution >= 0.6 is 0 Å².